The van der Waals surface area contributed by atoms with Gasteiger partial charge in [0.2, 0.25) is 11.7 Å². The second kappa shape index (κ2) is 10.1. The van der Waals surface area contributed by atoms with Crippen LogP contribution in [0, 0.1) is 6.92 Å². The summed E-state index contributed by atoms with van der Waals surface area (Å²) >= 11 is 1.91. The molecule has 2 aromatic rings. The van der Waals surface area contributed by atoms with Gasteiger partial charge in [0, 0.05) is 18.3 Å². The lowest BCUT2D eigenvalue weighted by molar-refractivity contribution is -0.121. The van der Waals surface area contributed by atoms with Crippen molar-refractivity contribution in [1.29, 1.82) is 0 Å². The van der Waals surface area contributed by atoms with Crippen molar-refractivity contribution in [3.63, 3.8) is 0 Å². The van der Waals surface area contributed by atoms with Crippen molar-refractivity contribution in [3.8, 4) is 0 Å². The van der Waals surface area contributed by atoms with Crippen LogP contribution in [0.5, 0.6) is 0 Å². The van der Waals surface area contributed by atoms with Crippen molar-refractivity contribution >= 4 is 23.5 Å². The smallest absolute Gasteiger partial charge is 0.239 e. The number of hydrogen-bond donors (Lipinski definition) is 1. The van der Waals surface area contributed by atoms with Crippen LogP contribution in [0.1, 0.15) is 41.4 Å². The molecule has 0 bridgehead atoms. The number of rotatable bonds is 10. The van der Waals surface area contributed by atoms with Gasteiger partial charge < -0.3 is 9.88 Å². The molecule has 0 aliphatic carbocycles. The van der Waals surface area contributed by atoms with Gasteiger partial charge in [-0.1, -0.05) is 31.2 Å². The van der Waals surface area contributed by atoms with E-state index in [1.54, 1.807) is 22.9 Å². The summed E-state index contributed by atoms with van der Waals surface area (Å²) in [5, 5.41) is 2.93. The fourth-order valence-corrected chi connectivity index (χ4v) is 3.42. The largest absolute Gasteiger partial charge is 0.355 e. The minimum Gasteiger partial charge on any atom is -0.355 e. The number of carbonyl (C=O) groups is 2. The van der Waals surface area contributed by atoms with Gasteiger partial charge in [-0.05, 0) is 49.0 Å². The van der Waals surface area contributed by atoms with Gasteiger partial charge in [-0.25, -0.2) is 0 Å². The average molecular weight is 359 g/mol. The number of ketones is 1. The fraction of sp³-hybridized carbons (Fsp3) is 0.400. The Morgan fingerprint density at radius 2 is 1.92 bits per heavy atom. The number of thioether (sulfide) groups is 1. The molecule has 5 heteroatoms. The van der Waals surface area contributed by atoms with Gasteiger partial charge in [0.05, 0.1) is 5.69 Å². The van der Waals surface area contributed by atoms with Gasteiger partial charge in [0.25, 0.3) is 0 Å². The van der Waals surface area contributed by atoms with Crippen molar-refractivity contribution < 1.29 is 9.59 Å². The second-order valence-electron chi connectivity index (χ2n) is 5.98. The Labute approximate surface area is 154 Å². The highest BCUT2D eigenvalue weighted by atomic mass is 32.2. The first-order valence-electron chi connectivity index (χ1n) is 8.73. The van der Waals surface area contributed by atoms with E-state index < -0.39 is 0 Å². The molecule has 25 heavy (non-hydrogen) atoms. The Morgan fingerprint density at radius 1 is 1.12 bits per heavy atom. The summed E-state index contributed by atoms with van der Waals surface area (Å²) in [7, 11) is 0. The highest BCUT2D eigenvalue weighted by Gasteiger charge is 2.16. The summed E-state index contributed by atoms with van der Waals surface area (Å²) in [5.41, 5.74) is 2.16. The maximum absolute atomic E-state index is 12.7. The minimum absolute atomic E-state index is 0.0492. The quantitative estimate of drug-likeness (QED) is 0.521. The van der Waals surface area contributed by atoms with Crippen LogP contribution in [0.15, 0.2) is 42.6 Å². The molecule has 1 amide bonds. The third-order valence-electron chi connectivity index (χ3n) is 3.90. The Hall–Kier alpha value is -2.01. The topological polar surface area (TPSA) is 51.1 Å². The monoisotopic (exact) mass is 358 g/mol. The predicted molar refractivity (Wildman–Crippen MR) is 104 cm³/mol. The standard InChI is InChI=1S/C20H26N2O2S/c1-3-13-25-14-7-11-21-19(23)15-22-12-6-10-18(22)20(24)17-9-5-4-8-16(17)2/h4-6,8-10,12H,3,7,11,13-15H2,1-2H3,(H,21,23). The summed E-state index contributed by atoms with van der Waals surface area (Å²) in [6.45, 7) is 4.94. The molecule has 1 N–H and O–H groups in total. The maximum Gasteiger partial charge on any atom is 0.239 e. The molecule has 134 valence electrons. The van der Waals surface area contributed by atoms with Crippen molar-refractivity contribution in [2.45, 2.75) is 33.2 Å². The number of aromatic nitrogens is 1. The zero-order valence-electron chi connectivity index (χ0n) is 15.0. The maximum atomic E-state index is 12.7. The number of hydrogen-bond acceptors (Lipinski definition) is 3. The van der Waals surface area contributed by atoms with Crippen molar-refractivity contribution in [2.24, 2.45) is 0 Å². The van der Waals surface area contributed by atoms with Crippen molar-refractivity contribution in [1.82, 2.24) is 9.88 Å². The number of carbonyl (C=O) groups excluding carboxylic acids is 2. The molecule has 0 saturated heterocycles. The van der Waals surface area contributed by atoms with E-state index in [1.165, 1.54) is 12.2 Å². The van der Waals surface area contributed by atoms with Crippen LogP contribution in [-0.4, -0.2) is 34.3 Å². The second-order valence-corrected chi connectivity index (χ2v) is 7.21. The van der Waals surface area contributed by atoms with Crippen LogP contribution in [-0.2, 0) is 11.3 Å². The van der Waals surface area contributed by atoms with Crippen LogP contribution in [0.25, 0.3) is 0 Å². The lowest BCUT2D eigenvalue weighted by atomic mass is 10.0. The van der Waals surface area contributed by atoms with E-state index in [-0.39, 0.29) is 18.2 Å². The Balaban J connectivity index is 1.90. The molecule has 0 fully saturated rings. The average Bonchev–Trinajstić information content (AvgIpc) is 3.06. The highest BCUT2D eigenvalue weighted by molar-refractivity contribution is 7.99. The molecule has 0 spiro atoms. The summed E-state index contributed by atoms with van der Waals surface area (Å²) in [5.74, 6) is 2.12. The lowest BCUT2D eigenvalue weighted by Gasteiger charge is -2.10. The van der Waals surface area contributed by atoms with Crippen molar-refractivity contribution in [2.75, 3.05) is 18.1 Å². The van der Waals surface area contributed by atoms with E-state index in [0.29, 0.717) is 17.8 Å². The zero-order valence-corrected chi connectivity index (χ0v) is 15.8. The molecule has 1 heterocycles. The van der Waals surface area contributed by atoms with Crippen molar-refractivity contribution in [3.05, 3.63) is 59.4 Å². The number of aryl methyl sites for hydroxylation is 1. The van der Waals surface area contributed by atoms with Gasteiger partial charge in [-0.3, -0.25) is 9.59 Å². The summed E-state index contributed by atoms with van der Waals surface area (Å²) < 4.78 is 1.72. The van der Waals surface area contributed by atoms with Gasteiger partial charge in [-0.2, -0.15) is 11.8 Å². The molecule has 0 aliphatic rings. The Kier molecular flexibility index (Phi) is 7.79. The van der Waals surface area contributed by atoms with E-state index in [1.807, 2.05) is 43.0 Å². The van der Waals surface area contributed by atoms with Crippen LogP contribution < -0.4 is 5.32 Å². The predicted octanol–water partition coefficient (Wildman–Crippen LogP) is 3.68. The van der Waals surface area contributed by atoms with Crippen LogP contribution in [0.3, 0.4) is 0 Å². The van der Waals surface area contributed by atoms with E-state index in [0.717, 1.165) is 17.7 Å². The van der Waals surface area contributed by atoms with E-state index in [4.69, 9.17) is 0 Å². The summed E-state index contributed by atoms with van der Waals surface area (Å²) in [6.07, 6.45) is 3.93. The Morgan fingerprint density at radius 3 is 2.68 bits per heavy atom. The number of benzene rings is 1. The zero-order chi connectivity index (χ0) is 18.1. The lowest BCUT2D eigenvalue weighted by Crippen LogP contribution is -2.29. The first kappa shape index (κ1) is 19.3. The van der Waals surface area contributed by atoms with Crippen LogP contribution in [0.4, 0.5) is 0 Å². The van der Waals surface area contributed by atoms with E-state index >= 15 is 0 Å². The summed E-state index contributed by atoms with van der Waals surface area (Å²) in [6, 6.07) is 11.1. The van der Waals surface area contributed by atoms with E-state index in [2.05, 4.69) is 12.2 Å². The summed E-state index contributed by atoms with van der Waals surface area (Å²) in [4.78, 5) is 24.9. The fourth-order valence-electron chi connectivity index (χ4n) is 2.58. The molecule has 0 atom stereocenters. The number of nitrogens with zero attached hydrogens (tertiary/aromatic N) is 1. The van der Waals surface area contributed by atoms with Crippen LogP contribution >= 0.6 is 11.8 Å². The highest BCUT2D eigenvalue weighted by Crippen LogP contribution is 2.14. The minimum atomic E-state index is -0.0597. The molecular formula is C20H26N2O2S. The van der Waals surface area contributed by atoms with Crippen LogP contribution in [0.2, 0.25) is 0 Å². The SMILES string of the molecule is CCCSCCCNC(=O)Cn1cccc1C(=O)c1ccccc1C. The first-order valence-corrected chi connectivity index (χ1v) is 9.89. The third kappa shape index (κ3) is 5.78. The first-order chi connectivity index (χ1) is 12.1. The van der Waals surface area contributed by atoms with Gasteiger partial charge in [-0.15, -0.1) is 0 Å². The molecule has 0 saturated carbocycles. The van der Waals surface area contributed by atoms with Gasteiger partial charge in [0.1, 0.15) is 6.54 Å². The van der Waals surface area contributed by atoms with E-state index in [9.17, 15) is 9.59 Å². The normalized spacial score (nSPS) is 10.6. The number of amides is 1. The molecule has 1 aromatic carbocycles. The molecule has 1 aromatic heterocycles. The van der Waals surface area contributed by atoms with Gasteiger partial charge in [0.15, 0.2) is 0 Å². The number of nitrogens with one attached hydrogen (secondary N) is 1. The molecular weight excluding hydrogens is 332 g/mol. The third-order valence-corrected chi connectivity index (χ3v) is 5.18. The molecule has 2 rings (SSSR count). The molecule has 4 nitrogen and oxygen atoms in total. The molecule has 0 unspecified atom stereocenters. The van der Waals surface area contributed by atoms with Gasteiger partial charge >= 0.3 is 0 Å². The Bertz CT molecular complexity index is 709. The molecule has 0 radical (unpaired) electrons. The molecule has 0 aliphatic heterocycles.